The number of benzene rings is 2. The highest BCUT2D eigenvalue weighted by atomic mass is 16.5. The number of para-hydroxylation sites is 2. The summed E-state index contributed by atoms with van der Waals surface area (Å²) in [4.78, 5) is 15.0. The van der Waals surface area contributed by atoms with Crippen LogP contribution in [0.3, 0.4) is 0 Å². The fourth-order valence-electron chi connectivity index (χ4n) is 4.00. The summed E-state index contributed by atoms with van der Waals surface area (Å²) in [6, 6.07) is 17.9. The number of nitrogens with one attached hydrogen (secondary N) is 2. The van der Waals surface area contributed by atoms with E-state index in [1.165, 1.54) is 11.1 Å². The molecule has 2 aromatic carbocycles. The number of rotatable bonds is 6. The number of carbonyl (C=O) groups excluding carboxylic acids is 1. The molecule has 162 valence electrons. The Kier molecular flexibility index (Phi) is 6.52. The maximum Gasteiger partial charge on any atom is 0.324 e. The van der Waals surface area contributed by atoms with Crippen LogP contribution in [-0.2, 0) is 6.54 Å². The van der Waals surface area contributed by atoms with E-state index >= 15 is 0 Å². The Bertz CT molecular complexity index is 1010. The van der Waals surface area contributed by atoms with Crippen LogP contribution >= 0.6 is 0 Å². The van der Waals surface area contributed by atoms with Crippen molar-refractivity contribution in [3.8, 4) is 5.75 Å². The molecule has 0 spiro atoms. The minimum absolute atomic E-state index is 0.269. The number of urea groups is 1. The van der Waals surface area contributed by atoms with Crippen molar-refractivity contribution in [2.24, 2.45) is 0 Å². The molecule has 2 heterocycles. The minimum Gasteiger partial charge on any atom is -0.495 e. The SMILES string of the molecule is COc1ccccc1NC(=O)Nc1ccnn1C1CCN(Cc2ccc(C)cc2)CC1. The first-order valence-corrected chi connectivity index (χ1v) is 10.6. The van der Waals surface area contributed by atoms with E-state index in [9.17, 15) is 4.79 Å². The van der Waals surface area contributed by atoms with Crippen molar-refractivity contribution < 1.29 is 9.53 Å². The summed E-state index contributed by atoms with van der Waals surface area (Å²) in [5.41, 5.74) is 3.26. The third kappa shape index (κ3) is 5.24. The van der Waals surface area contributed by atoms with E-state index < -0.39 is 0 Å². The average Bonchev–Trinajstić information content (AvgIpc) is 3.24. The van der Waals surface area contributed by atoms with E-state index in [1.54, 1.807) is 19.4 Å². The second-order valence-electron chi connectivity index (χ2n) is 7.93. The molecule has 0 atom stereocenters. The predicted molar refractivity (Wildman–Crippen MR) is 123 cm³/mol. The number of aromatic nitrogens is 2. The maximum absolute atomic E-state index is 12.5. The van der Waals surface area contributed by atoms with E-state index in [2.05, 4.69) is 51.8 Å². The first-order valence-electron chi connectivity index (χ1n) is 10.6. The van der Waals surface area contributed by atoms with Crippen molar-refractivity contribution in [2.45, 2.75) is 32.4 Å². The number of amides is 2. The van der Waals surface area contributed by atoms with Crippen molar-refractivity contribution in [3.05, 3.63) is 71.9 Å². The molecule has 7 nitrogen and oxygen atoms in total. The van der Waals surface area contributed by atoms with Crippen LogP contribution in [0.15, 0.2) is 60.8 Å². The van der Waals surface area contributed by atoms with Gasteiger partial charge in [-0.1, -0.05) is 42.0 Å². The summed E-state index contributed by atoms with van der Waals surface area (Å²) in [6.45, 7) is 5.09. The van der Waals surface area contributed by atoms with Crippen LogP contribution in [0, 0.1) is 6.92 Å². The zero-order valence-electron chi connectivity index (χ0n) is 18.0. The van der Waals surface area contributed by atoms with Gasteiger partial charge in [-0.25, -0.2) is 9.48 Å². The first kappa shape index (κ1) is 20.9. The molecule has 4 rings (SSSR count). The van der Waals surface area contributed by atoms with Gasteiger partial charge in [-0.15, -0.1) is 0 Å². The number of methoxy groups -OCH3 is 1. The van der Waals surface area contributed by atoms with E-state index in [0.29, 0.717) is 17.3 Å². The maximum atomic E-state index is 12.5. The first-order chi connectivity index (χ1) is 15.1. The number of hydrogen-bond acceptors (Lipinski definition) is 4. The van der Waals surface area contributed by atoms with Crippen molar-refractivity contribution in [3.63, 3.8) is 0 Å². The number of carbonyl (C=O) groups is 1. The van der Waals surface area contributed by atoms with E-state index in [4.69, 9.17) is 4.74 Å². The second kappa shape index (κ2) is 9.66. The topological polar surface area (TPSA) is 71.4 Å². The fourth-order valence-corrected chi connectivity index (χ4v) is 4.00. The molecule has 2 N–H and O–H groups in total. The molecule has 0 bridgehead atoms. The van der Waals surface area contributed by atoms with Crippen LogP contribution in [0.2, 0.25) is 0 Å². The molecule has 1 aliphatic rings. The number of ether oxygens (including phenoxy) is 1. The van der Waals surface area contributed by atoms with Crippen LogP contribution in [0.25, 0.3) is 0 Å². The van der Waals surface area contributed by atoms with Gasteiger partial charge in [-0.3, -0.25) is 10.2 Å². The lowest BCUT2D eigenvalue weighted by Crippen LogP contribution is -2.35. The molecular formula is C24H29N5O2. The third-order valence-corrected chi connectivity index (χ3v) is 5.70. The molecule has 3 aromatic rings. The van der Waals surface area contributed by atoms with Crippen LogP contribution in [-0.4, -0.2) is 40.9 Å². The molecule has 31 heavy (non-hydrogen) atoms. The lowest BCUT2D eigenvalue weighted by molar-refractivity contribution is 0.174. The van der Waals surface area contributed by atoms with Crippen LogP contribution in [0.4, 0.5) is 16.3 Å². The summed E-state index contributed by atoms with van der Waals surface area (Å²) in [6.07, 6.45) is 3.73. The van der Waals surface area contributed by atoms with Crippen LogP contribution < -0.4 is 15.4 Å². The monoisotopic (exact) mass is 419 g/mol. The Morgan fingerprint density at radius 2 is 1.81 bits per heavy atom. The average molecular weight is 420 g/mol. The lowest BCUT2D eigenvalue weighted by Gasteiger charge is -2.32. The Labute approximate surface area is 183 Å². The Morgan fingerprint density at radius 1 is 1.06 bits per heavy atom. The number of nitrogens with zero attached hydrogens (tertiary/aromatic N) is 3. The molecule has 2 amide bonds. The second-order valence-corrected chi connectivity index (χ2v) is 7.93. The molecule has 0 saturated carbocycles. The van der Waals surface area contributed by atoms with E-state index in [0.717, 1.165) is 32.5 Å². The predicted octanol–water partition coefficient (Wildman–Crippen LogP) is 4.68. The van der Waals surface area contributed by atoms with Gasteiger partial charge in [0.25, 0.3) is 0 Å². The van der Waals surface area contributed by atoms with Gasteiger partial charge >= 0.3 is 6.03 Å². The van der Waals surface area contributed by atoms with Gasteiger partial charge in [0.1, 0.15) is 11.6 Å². The fraction of sp³-hybridized carbons (Fsp3) is 0.333. The zero-order chi connectivity index (χ0) is 21.6. The number of aryl methyl sites for hydroxylation is 1. The van der Waals surface area contributed by atoms with E-state index in [1.807, 2.05) is 28.9 Å². The van der Waals surface area contributed by atoms with Gasteiger partial charge in [-0.2, -0.15) is 5.10 Å². The molecule has 0 radical (unpaired) electrons. The molecule has 1 aliphatic heterocycles. The number of anilines is 2. The smallest absolute Gasteiger partial charge is 0.324 e. The summed E-state index contributed by atoms with van der Waals surface area (Å²) in [5.74, 6) is 1.32. The van der Waals surface area contributed by atoms with Gasteiger partial charge in [0, 0.05) is 25.7 Å². The highest BCUT2D eigenvalue weighted by molar-refractivity contribution is 6.00. The highest BCUT2D eigenvalue weighted by Gasteiger charge is 2.23. The highest BCUT2D eigenvalue weighted by Crippen LogP contribution is 2.27. The normalized spacial score (nSPS) is 14.9. The van der Waals surface area contributed by atoms with Crippen molar-refractivity contribution in [1.29, 1.82) is 0 Å². The van der Waals surface area contributed by atoms with Crippen molar-refractivity contribution >= 4 is 17.5 Å². The lowest BCUT2D eigenvalue weighted by atomic mass is 10.0. The minimum atomic E-state index is -0.317. The molecule has 7 heteroatoms. The number of piperidine rings is 1. The summed E-state index contributed by atoms with van der Waals surface area (Å²) < 4.78 is 7.23. The Morgan fingerprint density at radius 3 is 2.55 bits per heavy atom. The largest absolute Gasteiger partial charge is 0.495 e. The Balaban J connectivity index is 1.33. The third-order valence-electron chi connectivity index (χ3n) is 5.70. The van der Waals surface area contributed by atoms with Crippen LogP contribution in [0.1, 0.15) is 30.0 Å². The summed E-state index contributed by atoms with van der Waals surface area (Å²) in [5, 5.41) is 10.3. The summed E-state index contributed by atoms with van der Waals surface area (Å²) in [7, 11) is 1.58. The van der Waals surface area contributed by atoms with Gasteiger partial charge in [0.05, 0.1) is 25.0 Å². The van der Waals surface area contributed by atoms with Crippen LogP contribution in [0.5, 0.6) is 5.75 Å². The van der Waals surface area contributed by atoms with Crippen molar-refractivity contribution in [2.75, 3.05) is 30.8 Å². The van der Waals surface area contributed by atoms with Gasteiger partial charge < -0.3 is 10.1 Å². The van der Waals surface area contributed by atoms with Gasteiger partial charge in [-0.05, 0) is 37.5 Å². The van der Waals surface area contributed by atoms with Gasteiger partial charge in [0.2, 0.25) is 0 Å². The number of likely N-dealkylation sites (tertiary alicyclic amines) is 1. The molecular weight excluding hydrogens is 390 g/mol. The zero-order valence-corrected chi connectivity index (χ0v) is 18.0. The number of hydrogen-bond donors (Lipinski definition) is 2. The molecule has 1 fully saturated rings. The standard InChI is InChI=1S/C24H29N5O2/c1-18-7-9-19(10-8-18)17-28-15-12-20(13-16-28)29-23(11-14-25-29)27-24(30)26-21-5-3-4-6-22(21)31-2/h3-11,14,20H,12-13,15-17H2,1-2H3,(H2,26,27,30). The van der Waals surface area contributed by atoms with E-state index in [-0.39, 0.29) is 12.1 Å². The Hall–Kier alpha value is -3.32. The van der Waals surface area contributed by atoms with Gasteiger partial charge in [0.15, 0.2) is 0 Å². The quantitative estimate of drug-likeness (QED) is 0.609. The summed E-state index contributed by atoms with van der Waals surface area (Å²) >= 11 is 0. The molecule has 1 saturated heterocycles. The molecule has 0 aliphatic carbocycles. The van der Waals surface area contributed by atoms with Crippen molar-refractivity contribution in [1.82, 2.24) is 14.7 Å². The molecule has 1 aromatic heterocycles. The molecule has 0 unspecified atom stereocenters.